The first-order chi connectivity index (χ1) is 11.7. The molecule has 0 unspecified atom stereocenters. The first-order valence-corrected chi connectivity index (χ1v) is 8.26. The molecule has 124 valence electrons. The molecule has 0 spiro atoms. The zero-order valence-corrected chi connectivity index (χ0v) is 13.6. The van der Waals surface area contributed by atoms with Gasteiger partial charge >= 0.3 is 0 Å². The van der Waals surface area contributed by atoms with Crippen LogP contribution in [0.1, 0.15) is 36.2 Å². The molecule has 0 saturated carbocycles. The summed E-state index contributed by atoms with van der Waals surface area (Å²) in [4.78, 5) is 16.8. The second-order valence-electron chi connectivity index (χ2n) is 6.06. The van der Waals surface area contributed by atoms with E-state index in [-0.39, 0.29) is 5.91 Å². The molecule has 2 aliphatic rings. The molecule has 7 nitrogen and oxygen atoms in total. The van der Waals surface area contributed by atoms with Crippen LogP contribution >= 0.6 is 0 Å². The van der Waals surface area contributed by atoms with E-state index >= 15 is 0 Å². The molecule has 2 aromatic rings. The lowest BCUT2D eigenvalue weighted by Crippen LogP contribution is -2.26. The molecular weight excluding hydrogens is 304 g/mol. The maximum Gasteiger partial charge on any atom is 0.271 e. The number of aromatic nitrogens is 3. The molecule has 1 aliphatic carbocycles. The van der Waals surface area contributed by atoms with E-state index in [9.17, 15) is 4.79 Å². The van der Waals surface area contributed by atoms with Crippen LogP contribution in [0.3, 0.4) is 0 Å². The van der Waals surface area contributed by atoms with Gasteiger partial charge in [0.25, 0.3) is 5.91 Å². The summed E-state index contributed by atoms with van der Waals surface area (Å²) in [6.45, 7) is 0.647. The van der Waals surface area contributed by atoms with Crippen molar-refractivity contribution in [2.75, 3.05) is 24.2 Å². The smallest absolute Gasteiger partial charge is 0.271 e. The highest BCUT2D eigenvalue weighted by molar-refractivity contribution is 5.93. The number of allylic oxidation sites excluding steroid dienone is 3. The number of hydrogen-bond acceptors (Lipinski definition) is 5. The number of anilines is 2. The van der Waals surface area contributed by atoms with E-state index in [0.717, 1.165) is 37.1 Å². The van der Waals surface area contributed by atoms with Gasteiger partial charge in [-0.2, -0.15) is 0 Å². The van der Waals surface area contributed by atoms with Gasteiger partial charge in [-0.1, -0.05) is 11.6 Å². The van der Waals surface area contributed by atoms with E-state index < -0.39 is 0 Å². The Morgan fingerprint density at radius 2 is 2.25 bits per heavy atom. The number of amides is 1. The predicted octanol–water partition coefficient (Wildman–Crippen LogP) is 2.31. The summed E-state index contributed by atoms with van der Waals surface area (Å²) < 4.78 is 1.59. The molecule has 2 aromatic heterocycles. The summed E-state index contributed by atoms with van der Waals surface area (Å²) in [7, 11) is 1.83. The van der Waals surface area contributed by atoms with Crippen molar-refractivity contribution >= 4 is 23.1 Å². The Morgan fingerprint density at radius 3 is 3.12 bits per heavy atom. The van der Waals surface area contributed by atoms with E-state index in [1.54, 1.807) is 10.7 Å². The van der Waals surface area contributed by atoms with E-state index in [1.807, 2.05) is 13.1 Å². The Balaban J connectivity index is 1.84. The Bertz CT molecular complexity index is 863. The highest BCUT2D eigenvalue weighted by Crippen LogP contribution is 2.25. The lowest BCUT2D eigenvalue weighted by Gasteiger charge is -2.15. The standard InChI is InChI=1S/C17H20N6O/c1-18-13-9-15-21-12-6-2-4-11(8-12)5-3-7-19-17(24)14-10-20-16(13)23(14)22-15/h6,8-10,18H,2-5,7H2,1H3,(H,19,24)(H,21,22). The molecule has 0 saturated heterocycles. The number of rotatable bonds is 1. The molecule has 4 bridgehead atoms. The minimum atomic E-state index is -0.149. The summed E-state index contributed by atoms with van der Waals surface area (Å²) in [5.74, 6) is 0.534. The van der Waals surface area contributed by atoms with Gasteiger partial charge in [-0.25, -0.2) is 9.50 Å². The normalized spacial score (nSPS) is 17.8. The van der Waals surface area contributed by atoms with Crippen molar-refractivity contribution in [3.8, 4) is 0 Å². The topological polar surface area (TPSA) is 83.3 Å². The van der Waals surface area contributed by atoms with Gasteiger partial charge in [-0.05, 0) is 31.8 Å². The molecule has 1 aliphatic heterocycles. The fourth-order valence-corrected chi connectivity index (χ4v) is 3.17. The van der Waals surface area contributed by atoms with Gasteiger partial charge < -0.3 is 16.0 Å². The number of carbonyl (C=O) groups excluding carboxylic acids is 1. The summed E-state index contributed by atoms with van der Waals surface area (Å²) in [5, 5.41) is 14.0. The number of nitrogens with one attached hydrogen (secondary N) is 3. The largest absolute Gasteiger partial charge is 0.385 e. The maximum absolute atomic E-state index is 12.4. The third-order valence-electron chi connectivity index (χ3n) is 4.39. The first-order valence-electron chi connectivity index (χ1n) is 8.26. The maximum atomic E-state index is 12.4. The van der Waals surface area contributed by atoms with Crippen LogP contribution in [0.5, 0.6) is 0 Å². The van der Waals surface area contributed by atoms with Crippen molar-refractivity contribution in [2.45, 2.75) is 25.7 Å². The molecule has 4 rings (SSSR count). The summed E-state index contributed by atoms with van der Waals surface area (Å²) in [5.41, 5.74) is 4.37. The Labute approximate surface area is 139 Å². The van der Waals surface area contributed by atoms with Crippen LogP contribution in [0, 0.1) is 0 Å². The van der Waals surface area contributed by atoms with E-state index in [1.165, 1.54) is 5.57 Å². The molecule has 0 radical (unpaired) electrons. The molecule has 3 heterocycles. The molecule has 3 N–H and O–H groups in total. The number of fused-ring (bicyclic) bond motifs is 2. The number of hydrogen-bond donors (Lipinski definition) is 3. The average Bonchev–Trinajstić information content (AvgIpc) is 3.01. The van der Waals surface area contributed by atoms with Crippen LogP contribution in [0.25, 0.3) is 5.65 Å². The third kappa shape index (κ3) is 2.62. The van der Waals surface area contributed by atoms with Gasteiger partial charge in [0.1, 0.15) is 0 Å². The Hall–Kier alpha value is -2.83. The number of nitrogens with zero attached hydrogens (tertiary/aromatic N) is 3. The Kier molecular flexibility index (Phi) is 3.68. The fourth-order valence-electron chi connectivity index (χ4n) is 3.17. The van der Waals surface area contributed by atoms with Crippen molar-refractivity contribution in [3.63, 3.8) is 0 Å². The van der Waals surface area contributed by atoms with Gasteiger partial charge in [0.15, 0.2) is 17.2 Å². The third-order valence-corrected chi connectivity index (χ3v) is 4.39. The second-order valence-corrected chi connectivity index (χ2v) is 6.06. The number of carbonyl (C=O) groups is 1. The van der Waals surface area contributed by atoms with Crippen molar-refractivity contribution in [3.05, 3.63) is 41.4 Å². The highest BCUT2D eigenvalue weighted by atomic mass is 16.2. The molecule has 1 amide bonds. The second kappa shape index (κ2) is 5.99. The van der Waals surface area contributed by atoms with Gasteiger partial charge in [0.05, 0.1) is 11.9 Å². The molecular formula is C17H20N6O. The quantitative estimate of drug-likeness (QED) is 0.750. The van der Waals surface area contributed by atoms with Crippen molar-refractivity contribution in [2.24, 2.45) is 0 Å². The van der Waals surface area contributed by atoms with Crippen LogP contribution in [-0.2, 0) is 0 Å². The first kappa shape index (κ1) is 14.7. The van der Waals surface area contributed by atoms with Gasteiger partial charge in [-0.3, -0.25) is 4.79 Å². The predicted molar refractivity (Wildman–Crippen MR) is 93.1 cm³/mol. The average molecular weight is 324 g/mol. The molecule has 0 fully saturated rings. The van der Waals surface area contributed by atoms with Crippen molar-refractivity contribution in [1.29, 1.82) is 0 Å². The molecule has 0 atom stereocenters. The van der Waals surface area contributed by atoms with E-state index in [0.29, 0.717) is 23.7 Å². The van der Waals surface area contributed by atoms with Crippen molar-refractivity contribution in [1.82, 2.24) is 19.9 Å². The van der Waals surface area contributed by atoms with Crippen LogP contribution in [0.2, 0.25) is 0 Å². The lowest BCUT2D eigenvalue weighted by atomic mass is 9.99. The minimum Gasteiger partial charge on any atom is -0.385 e. The van der Waals surface area contributed by atoms with E-state index in [4.69, 9.17) is 0 Å². The van der Waals surface area contributed by atoms with E-state index in [2.05, 4.69) is 38.2 Å². The molecule has 24 heavy (non-hydrogen) atoms. The zero-order chi connectivity index (χ0) is 16.5. The summed E-state index contributed by atoms with van der Waals surface area (Å²) >= 11 is 0. The van der Waals surface area contributed by atoms with Crippen LogP contribution in [0.15, 0.2) is 35.7 Å². The summed E-state index contributed by atoms with van der Waals surface area (Å²) in [6.07, 6.45) is 9.98. The molecule has 7 heteroatoms. The van der Waals surface area contributed by atoms with Gasteiger partial charge in [-0.15, -0.1) is 5.10 Å². The van der Waals surface area contributed by atoms with Gasteiger partial charge in [0, 0.05) is 25.4 Å². The van der Waals surface area contributed by atoms with Crippen LogP contribution < -0.4 is 16.0 Å². The Morgan fingerprint density at radius 1 is 1.33 bits per heavy atom. The zero-order valence-electron chi connectivity index (χ0n) is 13.6. The van der Waals surface area contributed by atoms with Crippen molar-refractivity contribution < 1.29 is 4.79 Å². The fraction of sp³-hybridized carbons (Fsp3) is 0.353. The summed E-state index contributed by atoms with van der Waals surface area (Å²) in [6, 6.07) is 1.91. The molecule has 0 aromatic carbocycles. The lowest BCUT2D eigenvalue weighted by molar-refractivity contribution is 0.0946. The van der Waals surface area contributed by atoms with Gasteiger partial charge in [0.2, 0.25) is 0 Å². The monoisotopic (exact) mass is 324 g/mol. The SMILES string of the molecule is CNc1cc2nn3c(cnc13)C(=O)NCCCC1=CC(=CCC1)N2. The minimum absolute atomic E-state index is 0.149. The highest BCUT2D eigenvalue weighted by Gasteiger charge is 2.17. The van der Waals surface area contributed by atoms with Crippen LogP contribution in [-0.4, -0.2) is 34.1 Å². The number of imidazole rings is 1. The van der Waals surface area contributed by atoms with Crippen LogP contribution in [0.4, 0.5) is 11.5 Å².